The summed E-state index contributed by atoms with van der Waals surface area (Å²) in [4.78, 5) is 105. The van der Waals surface area contributed by atoms with E-state index in [0.29, 0.717) is 70.8 Å². The summed E-state index contributed by atoms with van der Waals surface area (Å²) in [6, 6.07) is 7.13. The fourth-order valence-electron chi connectivity index (χ4n) is 12.2. The van der Waals surface area contributed by atoms with E-state index in [4.69, 9.17) is 57.7 Å². The van der Waals surface area contributed by atoms with E-state index in [-0.39, 0.29) is 112 Å². The molecular formula is C69H67BrCl2F6N12O12S3. The number of aliphatic carboxylic acids is 3. The lowest BCUT2D eigenvalue weighted by molar-refractivity contribution is -0.140. The Kier molecular flexibility index (Phi) is 27.1. The standard InChI is InChI=1S/C23H23BrF2N4O4S.C23H23ClF2N4O4S.C23H21ClF2N4O4S/c3*1-2-34-23(33)19-16(11-30-10-15(26)17(30)5-6-18(31)32)28-21(22-27-7-8-35-22)29-20(19)13-4-3-12(25)9-14(13)24/h2*3-4,7-9,15,17,20H,2,5-6,10-11H2,1H3,(H,28,29)(H,31,32);3-9,15,17,20H,2,10-11H2,1H3,(H,28,29)(H,31,32)/b;;6-5+. The van der Waals surface area contributed by atoms with Crippen LogP contribution in [0, 0.1) is 17.5 Å². The number of carboxylic acid groups (broad SMARTS) is 3. The van der Waals surface area contributed by atoms with Crippen LogP contribution in [-0.4, -0.2) is 194 Å². The predicted octanol–water partition coefficient (Wildman–Crippen LogP) is 11.1. The van der Waals surface area contributed by atoms with Crippen molar-refractivity contribution >= 4 is 126 Å². The van der Waals surface area contributed by atoms with Crippen molar-refractivity contribution in [3.63, 3.8) is 0 Å². The van der Waals surface area contributed by atoms with Crippen LogP contribution in [0.1, 0.15) is 96.3 Å². The Morgan fingerprint density at radius 3 is 1.21 bits per heavy atom. The third-order valence-corrected chi connectivity index (χ3v) is 20.8. The molecule has 9 atom stereocenters. The van der Waals surface area contributed by atoms with Crippen molar-refractivity contribution in [1.29, 1.82) is 0 Å². The topological polar surface area (TPSA) is 312 Å². The fourth-order valence-corrected chi connectivity index (χ4v) is 15.1. The number of aromatic nitrogens is 3. The van der Waals surface area contributed by atoms with Gasteiger partial charge in [0.2, 0.25) is 0 Å². The molecule has 3 fully saturated rings. The number of aliphatic imine (C=N–C) groups is 3. The number of ether oxygens (including phenoxy) is 3. The molecule has 556 valence electrons. The number of hydrogen-bond acceptors (Lipinski definition) is 24. The number of carboxylic acids is 3. The van der Waals surface area contributed by atoms with Gasteiger partial charge in [0.05, 0.1) is 42.6 Å². The molecule has 0 bridgehead atoms. The second-order valence-corrected chi connectivity index (χ2v) is 28.2. The van der Waals surface area contributed by atoms with Gasteiger partial charge in [-0.25, -0.2) is 60.5 Å². The van der Waals surface area contributed by atoms with E-state index in [1.54, 1.807) is 76.3 Å². The van der Waals surface area contributed by atoms with E-state index < -0.39 is 108 Å². The molecule has 36 heteroatoms. The summed E-state index contributed by atoms with van der Waals surface area (Å²) in [5.41, 5.74) is 3.13. The van der Waals surface area contributed by atoms with Crippen molar-refractivity contribution < 1.29 is 84.6 Å². The van der Waals surface area contributed by atoms with Gasteiger partial charge in [0.1, 0.15) is 54.1 Å². The Morgan fingerprint density at radius 1 is 0.543 bits per heavy atom. The first kappa shape index (κ1) is 78.8. The number of hydrogen-bond donors (Lipinski definition) is 6. The van der Waals surface area contributed by atoms with Gasteiger partial charge < -0.3 is 45.5 Å². The summed E-state index contributed by atoms with van der Waals surface area (Å²) in [6.07, 6.45) is 3.39. The van der Waals surface area contributed by atoms with Crippen LogP contribution in [0.4, 0.5) is 26.3 Å². The van der Waals surface area contributed by atoms with Gasteiger partial charge in [-0.15, -0.1) is 34.0 Å². The summed E-state index contributed by atoms with van der Waals surface area (Å²) in [5, 5.41) is 43.6. The van der Waals surface area contributed by atoms with E-state index in [1.165, 1.54) is 76.5 Å². The maximum Gasteiger partial charge on any atom is 0.338 e. The number of nitrogens with zero attached hydrogens (tertiary/aromatic N) is 9. The van der Waals surface area contributed by atoms with Crippen molar-refractivity contribution in [2.75, 3.05) is 59.1 Å². The highest BCUT2D eigenvalue weighted by Gasteiger charge is 2.46. The lowest BCUT2D eigenvalue weighted by Crippen LogP contribution is -2.59. The van der Waals surface area contributed by atoms with Gasteiger partial charge in [0.15, 0.2) is 32.5 Å². The second-order valence-electron chi connectivity index (χ2n) is 23.9. The number of esters is 3. The van der Waals surface area contributed by atoms with Crippen LogP contribution in [0.15, 0.2) is 155 Å². The zero-order valence-corrected chi connectivity index (χ0v) is 61.4. The molecule has 0 spiro atoms. The first-order chi connectivity index (χ1) is 50.3. The first-order valence-corrected chi connectivity index (χ1v) is 36.8. The first-order valence-electron chi connectivity index (χ1n) is 32.6. The molecule has 3 aromatic carbocycles. The Bertz CT molecular complexity index is 4260. The average molecular weight is 1620 g/mol. The van der Waals surface area contributed by atoms with Crippen LogP contribution in [-0.2, 0) is 43.0 Å². The molecule has 24 nitrogen and oxygen atoms in total. The van der Waals surface area contributed by atoms with E-state index in [1.807, 2.05) is 0 Å². The van der Waals surface area contributed by atoms with Gasteiger partial charge in [-0.2, -0.15) is 0 Å². The minimum absolute atomic E-state index is 0.0433. The van der Waals surface area contributed by atoms with Gasteiger partial charge >= 0.3 is 35.8 Å². The number of carbonyl (C=O) groups excluding carboxylic acids is 3. The number of thiazole rings is 3. The van der Waals surface area contributed by atoms with Crippen LogP contribution >= 0.6 is 73.1 Å². The van der Waals surface area contributed by atoms with Gasteiger partial charge in [-0.05, 0) is 75.6 Å². The van der Waals surface area contributed by atoms with Gasteiger partial charge in [0, 0.05) is 148 Å². The van der Waals surface area contributed by atoms with Gasteiger partial charge in [0.25, 0.3) is 0 Å². The number of alkyl halides is 3. The van der Waals surface area contributed by atoms with Crippen LogP contribution in [0.25, 0.3) is 0 Å². The quantitative estimate of drug-likeness (QED) is 0.0127. The number of benzene rings is 3. The zero-order valence-electron chi connectivity index (χ0n) is 55.9. The Morgan fingerprint density at radius 2 is 0.895 bits per heavy atom. The molecule has 0 radical (unpaired) electrons. The third kappa shape index (κ3) is 19.3. The second kappa shape index (κ2) is 36.0. The van der Waals surface area contributed by atoms with Crippen molar-refractivity contribution in [2.45, 2.75) is 101 Å². The number of halogens is 9. The van der Waals surface area contributed by atoms with Crippen molar-refractivity contribution in [3.05, 3.63) is 199 Å². The number of amidine groups is 3. The molecule has 9 unspecified atom stereocenters. The molecule has 9 heterocycles. The SMILES string of the molecule is CCOC(=O)C1=C(CN2CC(F)C2/C=C/C(=O)O)NC(c2nccs2)=NC1c1ccc(F)cc1Cl.CCOC(=O)C1=C(CN2CC(F)C2CCC(=O)O)NC(c2nccs2)=NC1c1ccc(F)cc1Br.CCOC(=O)C1=C(CN2CC(F)C2CCC(=O)O)NC(c2nccs2)=NC1c1ccc(F)cc1Cl. The molecular weight excluding hydrogens is 1550 g/mol. The molecule has 6 aliphatic heterocycles. The highest BCUT2D eigenvalue weighted by atomic mass is 79.9. The summed E-state index contributed by atoms with van der Waals surface area (Å²) in [7, 11) is 0. The fraction of sp³-hybridized carbons (Fsp3) is 0.362. The van der Waals surface area contributed by atoms with Crippen LogP contribution in [0.5, 0.6) is 0 Å². The highest BCUT2D eigenvalue weighted by Crippen LogP contribution is 2.42. The van der Waals surface area contributed by atoms with E-state index >= 15 is 0 Å². The van der Waals surface area contributed by atoms with Crippen molar-refractivity contribution in [1.82, 2.24) is 45.6 Å². The average Bonchev–Trinajstić information content (AvgIpc) is 0.984. The van der Waals surface area contributed by atoms with E-state index in [9.17, 15) is 55.1 Å². The molecule has 105 heavy (non-hydrogen) atoms. The molecule has 6 aromatic rings. The van der Waals surface area contributed by atoms with Gasteiger partial charge in [-0.1, -0.05) is 63.4 Å². The molecule has 0 aliphatic carbocycles. The molecule has 0 saturated carbocycles. The van der Waals surface area contributed by atoms with E-state index in [0.717, 1.165) is 18.2 Å². The Hall–Kier alpha value is -8.74. The summed E-state index contributed by atoms with van der Waals surface area (Å²) >= 11 is 20.1. The van der Waals surface area contributed by atoms with Crippen LogP contribution in [0.2, 0.25) is 10.0 Å². The number of nitrogens with one attached hydrogen (secondary N) is 3. The minimum atomic E-state index is -1.25. The van der Waals surface area contributed by atoms with Crippen LogP contribution in [0.3, 0.4) is 0 Å². The molecule has 0 amide bonds. The Labute approximate surface area is 627 Å². The minimum Gasteiger partial charge on any atom is -0.481 e. The normalized spacial score (nSPS) is 22.4. The molecule has 6 N–H and O–H groups in total. The molecule has 6 aliphatic rings. The monoisotopic (exact) mass is 1610 g/mol. The largest absolute Gasteiger partial charge is 0.481 e. The third-order valence-electron chi connectivity index (χ3n) is 17.2. The number of likely N-dealkylation sites (tertiary alicyclic amines) is 3. The van der Waals surface area contributed by atoms with E-state index in [2.05, 4.69) is 56.8 Å². The molecule has 3 aromatic heterocycles. The lowest BCUT2D eigenvalue weighted by Gasteiger charge is -2.45. The van der Waals surface area contributed by atoms with Crippen molar-refractivity contribution in [2.24, 2.45) is 15.0 Å². The maximum absolute atomic E-state index is 14.3. The van der Waals surface area contributed by atoms with Crippen molar-refractivity contribution in [3.8, 4) is 0 Å². The summed E-state index contributed by atoms with van der Waals surface area (Å²) in [6.45, 7) is 5.96. The Balaban J connectivity index is 0.000000169. The molecule has 12 rings (SSSR count). The highest BCUT2D eigenvalue weighted by molar-refractivity contribution is 9.10. The zero-order chi connectivity index (χ0) is 75.3. The smallest absolute Gasteiger partial charge is 0.338 e. The predicted molar refractivity (Wildman–Crippen MR) is 383 cm³/mol. The maximum atomic E-state index is 14.3. The molecule has 3 saturated heterocycles. The van der Waals surface area contributed by atoms with Gasteiger partial charge in [-0.3, -0.25) is 39.3 Å². The lowest BCUT2D eigenvalue weighted by atomic mass is 9.92. The summed E-state index contributed by atoms with van der Waals surface area (Å²) < 4.78 is 101. The number of carbonyl (C=O) groups is 6. The summed E-state index contributed by atoms with van der Waals surface area (Å²) in [5.74, 6) is -5.43. The van der Waals surface area contributed by atoms with Crippen LogP contribution < -0.4 is 16.0 Å². The number of rotatable bonds is 26.